The number of likely N-dealkylation sites (tertiary alicyclic amines) is 1. The van der Waals surface area contributed by atoms with Gasteiger partial charge in [-0.05, 0) is 58.9 Å². The first kappa shape index (κ1) is 23.3. The highest BCUT2D eigenvalue weighted by atomic mass is 127. The Hall–Kier alpha value is 0.310. The van der Waals surface area contributed by atoms with Crippen molar-refractivity contribution in [2.75, 3.05) is 45.5 Å². The van der Waals surface area contributed by atoms with Gasteiger partial charge in [0.05, 0.1) is 6.54 Å². The van der Waals surface area contributed by atoms with Crippen molar-refractivity contribution >= 4 is 41.7 Å². The molecule has 0 aromatic carbocycles. The van der Waals surface area contributed by atoms with Gasteiger partial charge < -0.3 is 15.5 Å². The largest absolute Gasteiger partial charge is 0.357 e. The summed E-state index contributed by atoms with van der Waals surface area (Å²) in [6.45, 7) is 15.4. The summed E-state index contributed by atoms with van der Waals surface area (Å²) in [7, 11) is 0. The van der Waals surface area contributed by atoms with Gasteiger partial charge in [-0.3, -0.25) is 4.99 Å². The Labute approximate surface area is 165 Å². The van der Waals surface area contributed by atoms with E-state index in [-0.39, 0.29) is 28.7 Å². The molecule has 1 rings (SSSR count). The van der Waals surface area contributed by atoms with Gasteiger partial charge in [-0.25, -0.2) is 0 Å². The van der Waals surface area contributed by atoms with E-state index < -0.39 is 0 Å². The molecule has 0 saturated carbocycles. The molecule has 0 aliphatic carbocycles. The zero-order chi connectivity index (χ0) is 16.4. The van der Waals surface area contributed by atoms with Crippen molar-refractivity contribution in [1.82, 2.24) is 15.5 Å². The number of hydrogen-bond donors (Lipinski definition) is 2. The average molecular weight is 456 g/mol. The molecule has 1 unspecified atom stereocenters. The third-order valence-corrected chi connectivity index (χ3v) is 5.39. The second kappa shape index (κ2) is 12.6. The highest BCUT2D eigenvalue weighted by Crippen LogP contribution is 2.20. The van der Waals surface area contributed by atoms with Crippen molar-refractivity contribution in [2.45, 2.75) is 51.7 Å². The molecule has 1 atom stereocenters. The van der Waals surface area contributed by atoms with E-state index in [4.69, 9.17) is 4.99 Å². The van der Waals surface area contributed by atoms with Gasteiger partial charge in [0.2, 0.25) is 0 Å². The molecule has 1 saturated heterocycles. The van der Waals surface area contributed by atoms with Gasteiger partial charge in [0.25, 0.3) is 0 Å². The van der Waals surface area contributed by atoms with Crippen LogP contribution in [0.2, 0.25) is 0 Å². The number of hydrogen-bond acceptors (Lipinski definition) is 3. The minimum Gasteiger partial charge on any atom is -0.357 e. The molecule has 1 fully saturated rings. The fraction of sp³-hybridized carbons (Fsp3) is 0.941. The van der Waals surface area contributed by atoms with Gasteiger partial charge >= 0.3 is 0 Å². The molecule has 0 bridgehead atoms. The second-order valence-corrected chi connectivity index (χ2v) is 8.52. The van der Waals surface area contributed by atoms with Crippen molar-refractivity contribution < 1.29 is 0 Å². The third-order valence-electron chi connectivity index (χ3n) is 4.15. The zero-order valence-electron chi connectivity index (χ0n) is 15.7. The molecule has 1 aliphatic heterocycles. The van der Waals surface area contributed by atoms with Crippen LogP contribution in [-0.2, 0) is 0 Å². The fourth-order valence-electron chi connectivity index (χ4n) is 2.59. The molecule has 0 spiro atoms. The lowest BCUT2D eigenvalue weighted by atomic mass is 10.1. The Kier molecular flexibility index (Phi) is 12.8. The number of nitrogens with one attached hydrogen (secondary N) is 2. The summed E-state index contributed by atoms with van der Waals surface area (Å²) in [5.74, 6) is 1.60. The maximum absolute atomic E-state index is 4.73. The van der Waals surface area contributed by atoms with Gasteiger partial charge in [0.15, 0.2) is 5.96 Å². The van der Waals surface area contributed by atoms with E-state index in [1.165, 1.54) is 38.9 Å². The van der Waals surface area contributed by atoms with Crippen molar-refractivity contribution in [2.24, 2.45) is 10.9 Å². The predicted octanol–water partition coefficient (Wildman–Crippen LogP) is 3.42. The van der Waals surface area contributed by atoms with Crippen LogP contribution >= 0.6 is 35.7 Å². The summed E-state index contributed by atoms with van der Waals surface area (Å²) >= 11 is 1.87. The molecule has 2 N–H and O–H groups in total. The first-order valence-electron chi connectivity index (χ1n) is 8.76. The topological polar surface area (TPSA) is 39.7 Å². The van der Waals surface area contributed by atoms with E-state index in [2.05, 4.69) is 49.5 Å². The Balaban J connectivity index is 0.00000484. The molecule has 0 aromatic rings. The number of thioether (sulfide) groups is 1. The van der Waals surface area contributed by atoms with Crippen molar-refractivity contribution in [3.63, 3.8) is 0 Å². The first-order chi connectivity index (χ1) is 10.5. The Morgan fingerprint density at radius 3 is 2.43 bits per heavy atom. The molecule has 1 heterocycles. The standard InChI is InChI=1S/C17H36N4S.HI/c1-6-18-16(20-14-17(3,4)22-5)19-12-15(2)13-21-10-8-7-9-11-21;/h15H,6-14H2,1-5H3,(H2,18,19,20);1H. The van der Waals surface area contributed by atoms with E-state index in [9.17, 15) is 0 Å². The SMILES string of the molecule is CCNC(=NCC(C)(C)SC)NCC(C)CN1CCCCC1.I. The van der Waals surface area contributed by atoms with E-state index >= 15 is 0 Å². The first-order valence-corrected chi connectivity index (χ1v) is 9.99. The molecular weight excluding hydrogens is 419 g/mol. The normalized spacial score (nSPS) is 18.2. The van der Waals surface area contributed by atoms with Crippen LogP contribution in [0.5, 0.6) is 0 Å². The van der Waals surface area contributed by atoms with E-state index in [0.717, 1.165) is 25.6 Å². The number of halogens is 1. The summed E-state index contributed by atoms with van der Waals surface area (Å²) < 4.78 is 0.196. The van der Waals surface area contributed by atoms with Gasteiger partial charge in [-0.2, -0.15) is 11.8 Å². The quantitative estimate of drug-likeness (QED) is 0.334. The van der Waals surface area contributed by atoms with E-state index in [0.29, 0.717) is 5.92 Å². The van der Waals surface area contributed by atoms with Crippen LogP contribution in [0.1, 0.15) is 47.0 Å². The highest BCUT2D eigenvalue weighted by molar-refractivity contribution is 14.0. The number of aliphatic imine (C=N–C) groups is 1. The van der Waals surface area contributed by atoms with Crippen LogP contribution in [0.4, 0.5) is 0 Å². The van der Waals surface area contributed by atoms with Crippen LogP contribution in [0.25, 0.3) is 0 Å². The molecule has 138 valence electrons. The lowest BCUT2D eigenvalue weighted by Gasteiger charge is -2.29. The third kappa shape index (κ3) is 10.7. The van der Waals surface area contributed by atoms with Crippen LogP contribution < -0.4 is 10.6 Å². The molecule has 6 heteroatoms. The highest BCUT2D eigenvalue weighted by Gasteiger charge is 2.16. The number of guanidine groups is 1. The molecule has 0 aromatic heterocycles. The van der Waals surface area contributed by atoms with E-state index in [1.807, 2.05) is 11.8 Å². The maximum Gasteiger partial charge on any atom is 0.191 e. The molecule has 4 nitrogen and oxygen atoms in total. The number of nitrogens with zero attached hydrogens (tertiary/aromatic N) is 2. The van der Waals surface area contributed by atoms with Gasteiger partial charge in [0.1, 0.15) is 0 Å². The summed E-state index contributed by atoms with van der Waals surface area (Å²) in [6.07, 6.45) is 6.30. The van der Waals surface area contributed by atoms with Crippen molar-refractivity contribution in [3.8, 4) is 0 Å². The Morgan fingerprint density at radius 2 is 1.87 bits per heavy atom. The summed E-state index contributed by atoms with van der Waals surface area (Å²) in [5.41, 5.74) is 0. The number of rotatable bonds is 8. The molecule has 0 radical (unpaired) electrons. The van der Waals surface area contributed by atoms with Crippen molar-refractivity contribution in [1.29, 1.82) is 0 Å². The van der Waals surface area contributed by atoms with Crippen LogP contribution in [0.15, 0.2) is 4.99 Å². The predicted molar refractivity (Wildman–Crippen MR) is 116 cm³/mol. The monoisotopic (exact) mass is 456 g/mol. The van der Waals surface area contributed by atoms with Crippen LogP contribution in [-0.4, -0.2) is 61.1 Å². The van der Waals surface area contributed by atoms with Crippen LogP contribution in [0, 0.1) is 5.92 Å². The number of piperidine rings is 1. The minimum absolute atomic E-state index is 0. The van der Waals surface area contributed by atoms with Gasteiger partial charge in [-0.1, -0.05) is 13.3 Å². The maximum atomic E-state index is 4.73. The fourth-order valence-corrected chi connectivity index (χ4v) is 2.79. The minimum atomic E-state index is 0. The lowest BCUT2D eigenvalue weighted by Crippen LogP contribution is -2.43. The molecule has 23 heavy (non-hydrogen) atoms. The average Bonchev–Trinajstić information content (AvgIpc) is 2.51. The summed E-state index contributed by atoms with van der Waals surface area (Å²) in [4.78, 5) is 7.34. The van der Waals surface area contributed by atoms with Crippen molar-refractivity contribution in [3.05, 3.63) is 0 Å². The summed E-state index contributed by atoms with van der Waals surface area (Å²) in [6, 6.07) is 0. The van der Waals surface area contributed by atoms with Crippen LogP contribution in [0.3, 0.4) is 0 Å². The zero-order valence-corrected chi connectivity index (χ0v) is 18.8. The summed E-state index contributed by atoms with van der Waals surface area (Å²) in [5, 5.41) is 6.86. The smallest absolute Gasteiger partial charge is 0.191 e. The molecular formula is C17H37IN4S. The Morgan fingerprint density at radius 1 is 1.22 bits per heavy atom. The molecule has 0 amide bonds. The van der Waals surface area contributed by atoms with E-state index in [1.54, 1.807) is 0 Å². The lowest BCUT2D eigenvalue weighted by molar-refractivity contribution is 0.201. The second-order valence-electron chi connectivity index (χ2n) is 7.01. The van der Waals surface area contributed by atoms with Gasteiger partial charge in [-0.15, -0.1) is 24.0 Å². The molecule has 1 aliphatic rings. The van der Waals surface area contributed by atoms with Gasteiger partial charge in [0, 0.05) is 24.4 Å². The Bertz CT molecular complexity index is 331.